The van der Waals surface area contributed by atoms with Crippen LogP contribution in [0.15, 0.2) is 22.6 Å². The first-order valence-corrected chi connectivity index (χ1v) is 9.17. The molecule has 0 atom stereocenters. The lowest BCUT2D eigenvalue weighted by atomic mass is 9.94. The summed E-state index contributed by atoms with van der Waals surface area (Å²) in [7, 11) is 0. The Labute approximate surface area is 154 Å². The minimum Gasteiger partial charge on any atom is -0.441 e. The number of benzene rings is 1. The molecule has 0 bridgehead atoms. The van der Waals surface area contributed by atoms with Crippen molar-refractivity contribution in [3.05, 3.63) is 29.7 Å². The lowest BCUT2D eigenvalue weighted by Crippen LogP contribution is -2.42. The van der Waals surface area contributed by atoms with Crippen LogP contribution in [0.1, 0.15) is 38.6 Å². The van der Waals surface area contributed by atoms with Crippen LogP contribution in [0.25, 0.3) is 11.1 Å². The Hall–Kier alpha value is -2.37. The van der Waals surface area contributed by atoms with E-state index in [9.17, 15) is 9.59 Å². The van der Waals surface area contributed by atoms with Crippen LogP contribution in [0.3, 0.4) is 0 Å². The number of rotatable bonds is 2. The average molecular weight is 357 g/mol. The van der Waals surface area contributed by atoms with E-state index in [-0.39, 0.29) is 17.2 Å². The van der Waals surface area contributed by atoms with Gasteiger partial charge in [0.05, 0.1) is 6.42 Å². The summed E-state index contributed by atoms with van der Waals surface area (Å²) >= 11 is 0. The van der Waals surface area contributed by atoms with E-state index < -0.39 is 0 Å². The molecule has 6 heteroatoms. The van der Waals surface area contributed by atoms with Gasteiger partial charge in [-0.3, -0.25) is 9.59 Å². The molecule has 140 valence electrons. The van der Waals surface area contributed by atoms with Crippen molar-refractivity contribution in [2.75, 3.05) is 26.2 Å². The van der Waals surface area contributed by atoms with Gasteiger partial charge in [-0.1, -0.05) is 26.8 Å². The van der Waals surface area contributed by atoms with E-state index in [1.54, 1.807) is 0 Å². The van der Waals surface area contributed by atoms with Crippen molar-refractivity contribution in [3.63, 3.8) is 0 Å². The number of nitrogens with zero attached hydrogens (tertiary/aromatic N) is 3. The fourth-order valence-electron chi connectivity index (χ4n) is 3.33. The quantitative estimate of drug-likeness (QED) is 0.829. The van der Waals surface area contributed by atoms with Gasteiger partial charge in [0, 0.05) is 38.5 Å². The minimum absolute atomic E-state index is 0.0922. The lowest BCUT2D eigenvalue weighted by Gasteiger charge is -2.28. The number of carbonyl (C=O) groups is 2. The molecule has 1 saturated heterocycles. The molecule has 6 nitrogen and oxygen atoms in total. The van der Waals surface area contributed by atoms with Gasteiger partial charge in [0.25, 0.3) is 0 Å². The van der Waals surface area contributed by atoms with Crippen molar-refractivity contribution in [2.24, 2.45) is 5.41 Å². The Bertz CT molecular complexity index is 819. The van der Waals surface area contributed by atoms with Gasteiger partial charge < -0.3 is 14.2 Å². The number of aryl methyl sites for hydroxylation is 1. The summed E-state index contributed by atoms with van der Waals surface area (Å²) in [6, 6.07) is 5.69. The maximum atomic E-state index is 12.7. The van der Waals surface area contributed by atoms with E-state index in [1.807, 2.05) is 55.7 Å². The second-order valence-electron chi connectivity index (χ2n) is 7.99. The van der Waals surface area contributed by atoms with Crippen molar-refractivity contribution >= 4 is 22.9 Å². The molecule has 1 aliphatic heterocycles. The predicted molar refractivity (Wildman–Crippen MR) is 99.7 cm³/mol. The number of amides is 2. The SMILES string of the molecule is Cc1nc2cc(CC(=O)N3CCCN(C(=O)C(C)(C)C)CC3)ccc2o1. The minimum atomic E-state index is -0.385. The molecule has 2 heterocycles. The fourth-order valence-corrected chi connectivity index (χ4v) is 3.33. The molecule has 0 aliphatic carbocycles. The Morgan fingerprint density at radius 2 is 1.81 bits per heavy atom. The molecule has 0 saturated carbocycles. The number of hydrogen-bond acceptors (Lipinski definition) is 4. The highest BCUT2D eigenvalue weighted by Gasteiger charge is 2.29. The number of hydrogen-bond donors (Lipinski definition) is 0. The summed E-state index contributed by atoms with van der Waals surface area (Å²) in [5.74, 6) is 0.868. The van der Waals surface area contributed by atoms with E-state index in [4.69, 9.17) is 4.42 Å². The van der Waals surface area contributed by atoms with Gasteiger partial charge in [0.1, 0.15) is 5.52 Å². The molecular weight excluding hydrogens is 330 g/mol. The molecule has 1 aromatic carbocycles. The number of aromatic nitrogens is 1. The molecule has 1 fully saturated rings. The normalized spacial score (nSPS) is 16.0. The van der Waals surface area contributed by atoms with Gasteiger partial charge in [-0.2, -0.15) is 0 Å². The highest BCUT2D eigenvalue weighted by molar-refractivity contribution is 5.83. The first-order chi connectivity index (χ1) is 12.2. The number of fused-ring (bicyclic) bond motifs is 1. The number of oxazole rings is 1. The van der Waals surface area contributed by atoms with Crippen LogP contribution in [0.4, 0.5) is 0 Å². The molecule has 2 amide bonds. The van der Waals surface area contributed by atoms with Gasteiger partial charge in [-0.05, 0) is 24.1 Å². The van der Waals surface area contributed by atoms with Crippen LogP contribution >= 0.6 is 0 Å². The van der Waals surface area contributed by atoms with E-state index in [0.717, 1.165) is 23.1 Å². The molecular formula is C20H27N3O3. The zero-order valence-corrected chi connectivity index (χ0v) is 16.0. The van der Waals surface area contributed by atoms with E-state index in [2.05, 4.69) is 4.98 Å². The Morgan fingerprint density at radius 3 is 2.54 bits per heavy atom. The third kappa shape index (κ3) is 4.06. The molecule has 0 radical (unpaired) electrons. The largest absolute Gasteiger partial charge is 0.441 e. The summed E-state index contributed by atoms with van der Waals surface area (Å²) in [6.45, 7) is 10.2. The van der Waals surface area contributed by atoms with Crippen molar-refractivity contribution < 1.29 is 14.0 Å². The van der Waals surface area contributed by atoms with Crippen LogP contribution in [0, 0.1) is 12.3 Å². The number of carbonyl (C=O) groups excluding carboxylic acids is 2. The Kier molecular flexibility index (Phi) is 5.03. The summed E-state index contributed by atoms with van der Waals surface area (Å²) < 4.78 is 5.48. The second kappa shape index (κ2) is 7.09. The summed E-state index contributed by atoms with van der Waals surface area (Å²) in [4.78, 5) is 33.3. The molecule has 0 unspecified atom stereocenters. The zero-order valence-electron chi connectivity index (χ0n) is 16.0. The van der Waals surface area contributed by atoms with Gasteiger partial charge >= 0.3 is 0 Å². The highest BCUT2D eigenvalue weighted by atomic mass is 16.3. The van der Waals surface area contributed by atoms with Crippen molar-refractivity contribution in [2.45, 2.75) is 40.5 Å². The first-order valence-electron chi connectivity index (χ1n) is 9.17. The first kappa shape index (κ1) is 18.4. The van der Waals surface area contributed by atoms with Crippen LogP contribution < -0.4 is 0 Å². The van der Waals surface area contributed by atoms with Gasteiger partial charge in [0.2, 0.25) is 11.8 Å². The summed E-state index contributed by atoms with van der Waals surface area (Å²) in [6.07, 6.45) is 1.16. The lowest BCUT2D eigenvalue weighted by molar-refractivity contribution is -0.139. The molecule has 3 rings (SSSR count). The third-order valence-electron chi connectivity index (χ3n) is 4.69. The highest BCUT2D eigenvalue weighted by Crippen LogP contribution is 2.20. The van der Waals surface area contributed by atoms with Crippen LogP contribution in [0.5, 0.6) is 0 Å². The van der Waals surface area contributed by atoms with Crippen molar-refractivity contribution in [3.8, 4) is 0 Å². The summed E-state index contributed by atoms with van der Waals surface area (Å²) in [5, 5.41) is 0. The van der Waals surface area contributed by atoms with Crippen LogP contribution in [-0.4, -0.2) is 52.8 Å². The topological polar surface area (TPSA) is 66.7 Å². The Morgan fingerprint density at radius 1 is 1.12 bits per heavy atom. The van der Waals surface area contributed by atoms with Gasteiger partial charge in [-0.25, -0.2) is 4.98 Å². The molecule has 1 aromatic heterocycles. The van der Waals surface area contributed by atoms with Crippen molar-refractivity contribution in [1.29, 1.82) is 0 Å². The monoisotopic (exact) mass is 357 g/mol. The van der Waals surface area contributed by atoms with E-state index in [1.165, 1.54) is 0 Å². The average Bonchev–Trinajstić information content (AvgIpc) is 2.78. The smallest absolute Gasteiger partial charge is 0.228 e. The molecule has 26 heavy (non-hydrogen) atoms. The fraction of sp³-hybridized carbons (Fsp3) is 0.550. The van der Waals surface area contributed by atoms with Crippen LogP contribution in [0.2, 0.25) is 0 Å². The van der Waals surface area contributed by atoms with E-state index >= 15 is 0 Å². The molecule has 0 spiro atoms. The van der Waals surface area contributed by atoms with Crippen molar-refractivity contribution in [1.82, 2.24) is 14.8 Å². The zero-order chi connectivity index (χ0) is 18.9. The Balaban J connectivity index is 1.63. The molecule has 0 N–H and O–H groups in total. The second-order valence-corrected chi connectivity index (χ2v) is 7.99. The van der Waals surface area contributed by atoms with Gasteiger partial charge in [0.15, 0.2) is 11.5 Å². The molecule has 2 aromatic rings. The predicted octanol–water partition coefficient (Wildman–Crippen LogP) is 2.79. The maximum Gasteiger partial charge on any atom is 0.228 e. The molecule has 1 aliphatic rings. The van der Waals surface area contributed by atoms with Gasteiger partial charge in [-0.15, -0.1) is 0 Å². The summed E-state index contributed by atoms with van der Waals surface area (Å²) in [5.41, 5.74) is 2.07. The third-order valence-corrected chi connectivity index (χ3v) is 4.69. The maximum absolute atomic E-state index is 12.7. The van der Waals surface area contributed by atoms with E-state index in [0.29, 0.717) is 38.5 Å². The van der Waals surface area contributed by atoms with Crippen LogP contribution in [-0.2, 0) is 16.0 Å². The standard InChI is InChI=1S/C20H27N3O3/c1-14-21-16-12-15(6-7-17(16)26-14)13-18(24)22-8-5-9-23(11-10-22)19(25)20(2,3)4/h6-7,12H,5,8-11,13H2,1-4H3.